The van der Waals surface area contributed by atoms with Crippen LogP contribution in [0, 0.1) is 0 Å². The Morgan fingerprint density at radius 2 is 2.00 bits per heavy atom. The van der Waals surface area contributed by atoms with Gasteiger partial charge in [0, 0.05) is 37.1 Å². The lowest BCUT2D eigenvalue weighted by atomic mass is 10.1. The van der Waals surface area contributed by atoms with Crippen molar-refractivity contribution < 1.29 is 14.6 Å². The smallest absolute Gasteiger partial charge is 0.220 e. The van der Waals surface area contributed by atoms with Crippen LogP contribution in [0.5, 0.6) is 11.5 Å². The van der Waals surface area contributed by atoms with Gasteiger partial charge in [-0.2, -0.15) is 0 Å². The summed E-state index contributed by atoms with van der Waals surface area (Å²) >= 11 is 0. The number of rotatable bonds is 8. The summed E-state index contributed by atoms with van der Waals surface area (Å²) in [6.45, 7) is 1.10. The number of ether oxygens (including phenoxy) is 1. The number of aromatic nitrogens is 1. The number of fused-ring (bicyclic) bond motifs is 1. The highest BCUT2D eigenvalue weighted by molar-refractivity contribution is 5.85. The van der Waals surface area contributed by atoms with E-state index in [1.54, 1.807) is 12.1 Å². The van der Waals surface area contributed by atoms with Gasteiger partial charge in [-0.25, -0.2) is 0 Å². The van der Waals surface area contributed by atoms with Gasteiger partial charge in [0.05, 0.1) is 6.61 Å². The number of nitrogens with zero attached hydrogens (tertiary/aromatic N) is 1. The molecule has 1 heterocycles. The van der Waals surface area contributed by atoms with Gasteiger partial charge in [0.1, 0.15) is 11.5 Å². The summed E-state index contributed by atoms with van der Waals surface area (Å²) < 4.78 is 7.62. The van der Waals surface area contributed by atoms with Crippen molar-refractivity contribution in [1.29, 1.82) is 0 Å². The van der Waals surface area contributed by atoms with Crippen LogP contribution in [0.3, 0.4) is 0 Å². The van der Waals surface area contributed by atoms with Crippen LogP contribution >= 0.6 is 0 Å². The summed E-state index contributed by atoms with van der Waals surface area (Å²) in [5, 5.41) is 13.7. The monoisotopic (exact) mass is 352 g/mol. The van der Waals surface area contributed by atoms with Crippen molar-refractivity contribution in [2.45, 2.75) is 19.3 Å². The van der Waals surface area contributed by atoms with E-state index in [1.165, 1.54) is 0 Å². The van der Waals surface area contributed by atoms with Crippen molar-refractivity contribution in [3.05, 3.63) is 60.3 Å². The summed E-state index contributed by atoms with van der Waals surface area (Å²) in [5.41, 5.74) is 2.19. The van der Waals surface area contributed by atoms with Gasteiger partial charge in [0.15, 0.2) is 0 Å². The van der Waals surface area contributed by atoms with E-state index in [-0.39, 0.29) is 11.7 Å². The van der Waals surface area contributed by atoms with Crippen molar-refractivity contribution in [1.82, 2.24) is 9.88 Å². The fourth-order valence-corrected chi connectivity index (χ4v) is 3.03. The SMILES string of the molecule is Cn1cc(CCNC(=O)CCCOc2ccccc2)c2cc(O)ccc21. The minimum absolute atomic E-state index is 0.0322. The molecule has 0 saturated carbocycles. The van der Waals surface area contributed by atoms with Crippen molar-refractivity contribution in [3.8, 4) is 11.5 Å². The molecule has 0 unspecified atom stereocenters. The number of carbonyl (C=O) groups excluding carboxylic acids is 1. The largest absolute Gasteiger partial charge is 0.508 e. The van der Waals surface area contributed by atoms with Crippen LogP contribution in [0.2, 0.25) is 0 Å². The third kappa shape index (κ3) is 4.57. The lowest BCUT2D eigenvalue weighted by Gasteiger charge is -2.07. The maximum atomic E-state index is 12.0. The Bertz CT molecular complexity index is 872. The fraction of sp³-hybridized carbons (Fsp3) is 0.286. The Morgan fingerprint density at radius 3 is 2.81 bits per heavy atom. The van der Waals surface area contributed by atoms with E-state index in [1.807, 2.05) is 54.2 Å². The molecule has 0 aliphatic heterocycles. The Labute approximate surface area is 153 Å². The third-order valence-corrected chi connectivity index (χ3v) is 4.33. The molecule has 5 nitrogen and oxygen atoms in total. The minimum atomic E-state index is 0.0322. The second-order valence-corrected chi connectivity index (χ2v) is 6.33. The molecule has 26 heavy (non-hydrogen) atoms. The number of carbonyl (C=O) groups is 1. The number of para-hydroxylation sites is 1. The number of hydrogen-bond acceptors (Lipinski definition) is 3. The van der Waals surface area contributed by atoms with Crippen LogP contribution in [-0.2, 0) is 18.3 Å². The number of amides is 1. The zero-order valence-corrected chi connectivity index (χ0v) is 14.9. The number of nitrogens with one attached hydrogen (secondary N) is 1. The van der Waals surface area contributed by atoms with Crippen LogP contribution in [0.15, 0.2) is 54.7 Å². The summed E-state index contributed by atoms with van der Waals surface area (Å²) in [6.07, 6.45) is 3.91. The van der Waals surface area contributed by atoms with Gasteiger partial charge in [0.25, 0.3) is 0 Å². The molecule has 0 bridgehead atoms. The molecule has 136 valence electrons. The molecule has 3 rings (SSSR count). The van der Waals surface area contributed by atoms with Gasteiger partial charge in [0.2, 0.25) is 5.91 Å². The molecule has 1 aromatic heterocycles. The maximum absolute atomic E-state index is 12.0. The fourth-order valence-electron chi connectivity index (χ4n) is 3.03. The molecule has 2 N–H and O–H groups in total. The summed E-state index contributed by atoms with van der Waals surface area (Å²) in [6, 6.07) is 15.0. The standard InChI is InChI=1S/C21H24N2O3/c1-23-15-16(19-14-17(24)9-10-20(19)23)11-12-22-21(25)8-5-13-26-18-6-3-2-4-7-18/h2-4,6-7,9-10,14-15,24H,5,8,11-13H2,1H3,(H,22,25). The van der Waals surface area contributed by atoms with Gasteiger partial charge in [-0.15, -0.1) is 0 Å². The predicted molar refractivity (Wildman–Crippen MR) is 102 cm³/mol. The molecule has 0 aliphatic rings. The lowest BCUT2D eigenvalue weighted by molar-refractivity contribution is -0.121. The highest BCUT2D eigenvalue weighted by Crippen LogP contribution is 2.25. The highest BCUT2D eigenvalue weighted by atomic mass is 16.5. The van der Waals surface area contributed by atoms with Crippen LogP contribution in [0.25, 0.3) is 10.9 Å². The van der Waals surface area contributed by atoms with Crippen molar-refractivity contribution in [2.75, 3.05) is 13.2 Å². The number of phenolic OH excluding ortho intramolecular Hbond substituents is 1. The summed E-state index contributed by atoms with van der Waals surface area (Å²) in [4.78, 5) is 12.0. The highest BCUT2D eigenvalue weighted by Gasteiger charge is 2.08. The lowest BCUT2D eigenvalue weighted by Crippen LogP contribution is -2.25. The van der Waals surface area contributed by atoms with Gasteiger partial charge in [-0.05, 0) is 48.7 Å². The van der Waals surface area contributed by atoms with Gasteiger partial charge in [-0.1, -0.05) is 18.2 Å². The minimum Gasteiger partial charge on any atom is -0.508 e. The van der Waals surface area contributed by atoms with Gasteiger partial charge >= 0.3 is 0 Å². The topological polar surface area (TPSA) is 63.5 Å². The molecule has 0 atom stereocenters. The number of phenols is 1. The van der Waals surface area contributed by atoms with Gasteiger partial charge in [-0.3, -0.25) is 4.79 Å². The first kappa shape index (κ1) is 17.9. The van der Waals surface area contributed by atoms with Crippen molar-refractivity contribution in [3.63, 3.8) is 0 Å². The number of aryl methyl sites for hydroxylation is 1. The van der Waals surface area contributed by atoms with E-state index in [4.69, 9.17) is 4.74 Å². The van der Waals surface area contributed by atoms with Crippen molar-refractivity contribution >= 4 is 16.8 Å². The summed E-state index contributed by atoms with van der Waals surface area (Å²) in [5.74, 6) is 1.12. The first-order chi connectivity index (χ1) is 12.6. The molecule has 5 heteroatoms. The first-order valence-electron chi connectivity index (χ1n) is 8.85. The molecule has 0 radical (unpaired) electrons. The van der Waals surface area contributed by atoms with Crippen LogP contribution in [0.4, 0.5) is 0 Å². The van der Waals surface area contributed by atoms with E-state index < -0.39 is 0 Å². The molecule has 0 fully saturated rings. The molecule has 0 spiro atoms. The molecule has 2 aromatic carbocycles. The van der Waals surface area contributed by atoms with Crippen molar-refractivity contribution in [2.24, 2.45) is 7.05 Å². The van der Waals surface area contributed by atoms with E-state index in [9.17, 15) is 9.90 Å². The predicted octanol–water partition coefficient (Wildman–Crippen LogP) is 3.40. The van der Waals surface area contributed by atoms with E-state index in [0.29, 0.717) is 26.0 Å². The van der Waals surface area contributed by atoms with Crippen LogP contribution < -0.4 is 10.1 Å². The summed E-state index contributed by atoms with van der Waals surface area (Å²) in [7, 11) is 1.98. The average molecular weight is 352 g/mol. The Hall–Kier alpha value is -2.95. The van der Waals surface area contributed by atoms with Crippen LogP contribution in [-0.4, -0.2) is 28.7 Å². The zero-order chi connectivity index (χ0) is 18.4. The Morgan fingerprint density at radius 1 is 1.19 bits per heavy atom. The Balaban J connectivity index is 1.41. The number of hydrogen-bond donors (Lipinski definition) is 2. The van der Waals surface area contributed by atoms with E-state index in [2.05, 4.69) is 5.32 Å². The normalized spacial score (nSPS) is 10.8. The molecule has 3 aromatic rings. The molecule has 0 saturated heterocycles. The zero-order valence-electron chi connectivity index (χ0n) is 14.9. The number of aromatic hydroxyl groups is 1. The first-order valence-corrected chi connectivity index (χ1v) is 8.85. The van der Waals surface area contributed by atoms with E-state index >= 15 is 0 Å². The molecule has 1 amide bonds. The average Bonchev–Trinajstić information content (AvgIpc) is 2.95. The molecular formula is C21H24N2O3. The Kier molecular flexibility index (Phi) is 5.79. The second-order valence-electron chi connectivity index (χ2n) is 6.33. The second kappa shape index (κ2) is 8.43. The van der Waals surface area contributed by atoms with Crippen LogP contribution in [0.1, 0.15) is 18.4 Å². The molecular weight excluding hydrogens is 328 g/mol. The maximum Gasteiger partial charge on any atom is 0.220 e. The van der Waals surface area contributed by atoms with Gasteiger partial charge < -0.3 is 19.7 Å². The third-order valence-electron chi connectivity index (χ3n) is 4.33. The van der Waals surface area contributed by atoms with E-state index in [0.717, 1.165) is 28.6 Å². The molecule has 0 aliphatic carbocycles. The number of benzene rings is 2. The quantitative estimate of drug-likeness (QED) is 0.611.